The maximum absolute atomic E-state index is 10.7. The molecule has 0 N–H and O–H groups in total. The van der Waals surface area contributed by atoms with Crippen LogP contribution in [0.2, 0.25) is 0 Å². The van der Waals surface area contributed by atoms with Gasteiger partial charge in [0.15, 0.2) is 0 Å². The van der Waals surface area contributed by atoms with Crippen LogP contribution in [0.5, 0.6) is 0 Å². The van der Waals surface area contributed by atoms with Crippen molar-refractivity contribution in [3.8, 4) is 0 Å². The first-order valence-corrected chi connectivity index (χ1v) is 4.25. The number of benzene rings is 1. The van der Waals surface area contributed by atoms with E-state index < -0.39 is 9.85 Å². The zero-order valence-electron chi connectivity index (χ0n) is 8.60. The van der Waals surface area contributed by atoms with E-state index in [-0.39, 0.29) is 11.4 Å². The Labute approximate surface area is 85.8 Å². The molecule has 0 fully saturated rings. The SMILES string of the molecule is Cc1cc([N+](=O)[O-])c(C)c(C)c1[N+](=O)[O-]. The summed E-state index contributed by atoms with van der Waals surface area (Å²) in [4.78, 5) is 20.3. The summed E-state index contributed by atoms with van der Waals surface area (Å²) in [6, 6.07) is 1.24. The molecular weight excluding hydrogens is 200 g/mol. The van der Waals surface area contributed by atoms with Crippen molar-refractivity contribution in [1.82, 2.24) is 0 Å². The monoisotopic (exact) mass is 210 g/mol. The maximum Gasteiger partial charge on any atom is 0.275 e. The van der Waals surface area contributed by atoms with Gasteiger partial charge in [-0.05, 0) is 20.8 Å². The van der Waals surface area contributed by atoms with E-state index in [4.69, 9.17) is 0 Å². The van der Waals surface area contributed by atoms with Crippen molar-refractivity contribution >= 4 is 11.4 Å². The summed E-state index contributed by atoms with van der Waals surface area (Å²) in [5, 5.41) is 21.4. The molecule has 6 heteroatoms. The largest absolute Gasteiger partial charge is 0.275 e. The summed E-state index contributed by atoms with van der Waals surface area (Å²) in [5.74, 6) is 0. The molecule has 0 saturated heterocycles. The predicted octanol–water partition coefficient (Wildman–Crippen LogP) is 2.43. The molecule has 1 rings (SSSR count). The van der Waals surface area contributed by atoms with Gasteiger partial charge in [-0.25, -0.2) is 0 Å². The molecular formula is C9H10N2O4. The lowest BCUT2D eigenvalue weighted by atomic mass is 10.0. The van der Waals surface area contributed by atoms with E-state index in [1.54, 1.807) is 0 Å². The molecule has 0 radical (unpaired) electrons. The zero-order valence-corrected chi connectivity index (χ0v) is 8.60. The van der Waals surface area contributed by atoms with Gasteiger partial charge in [0.05, 0.1) is 9.85 Å². The fourth-order valence-corrected chi connectivity index (χ4v) is 1.52. The Balaban J connectivity index is 3.58. The predicted molar refractivity (Wildman–Crippen MR) is 54.0 cm³/mol. The topological polar surface area (TPSA) is 86.3 Å². The number of hydrogen-bond donors (Lipinski definition) is 0. The first-order chi connectivity index (χ1) is 6.86. The Kier molecular flexibility index (Phi) is 2.69. The van der Waals surface area contributed by atoms with Crippen LogP contribution < -0.4 is 0 Å². The van der Waals surface area contributed by atoms with Gasteiger partial charge in [0, 0.05) is 22.8 Å². The first kappa shape index (κ1) is 11.1. The molecule has 0 saturated carbocycles. The maximum atomic E-state index is 10.7. The van der Waals surface area contributed by atoms with E-state index in [1.165, 1.54) is 26.8 Å². The third kappa shape index (κ3) is 1.78. The third-order valence-electron chi connectivity index (χ3n) is 2.41. The number of hydrogen-bond acceptors (Lipinski definition) is 4. The minimum atomic E-state index is -0.529. The van der Waals surface area contributed by atoms with Crippen molar-refractivity contribution in [3.63, 3.8) is 0 Å². The van der Waals surface area contributed by atoms with Gasteiger partial charge in [-0.2, -0.15) is 0 Å². The van der Waals surface area contributed by atoms with Crippen LogP contribution in [0.15, 0.2) is 6.07 Å². The second-order valence-electron chi connectivity index (χ2n) is 3.33. The van der Waals surface area contributed by atoms with E-state index >= 15 is 0 Å². The molecule has 15 heavy (non-hydrogen) atoms. The fraction of sp³-hybridized carbons (Fsp3) is 0.333. The van der Waals surface area contributed by atoms with Crippen molar-refractivity contribution in [2.24, 2.45) is 0 Å². The van der Waals surface area contributed by atoms with E-state index in [0.29, 0.717) is 16.7 Å². The quantitative estimate of drug-likeness (QED) is 0.554. The Morgan fingerprint density at radius 2 is 1.53 bits per heavy atom. The summed E-state index contributed by atoms with van der Waals surface area (Å²) < 4.78 is 0. The average Bonchev–Trinajstić information content (AvgIpc) is 2.10. The molecule has 0 aromatic heterocycles. The molecule has 0 spiro atoms. The molecule has 0 unspecified atom stereocenters. The fourth-order valence-electron chi connectivity index (χ4n) is 1.52. The molecule has 0 amide bonds. The van der Waals surface area contributed by atoms with E-state index in [2.05, 4.69) is 0 Å². The lowest BCUT2D eigenvalue weighted by molar-refractivity contribution is -0.390. The Hall–Kier alpha value is -1.98. The Bertz CT molecular complexity index is 454. The standard InChI is InChI=1S/C9H10N2O4/c1-5-4-8(10(12)13)6(2)7(3)9(5)11(14)15/h4H,1-3H3. The molecule has 0 heterocycles. The summed E-state index contributed by atoms with van der Waals surface area (Å²) >= 11 is 0. The minimum Gasteiger partial charge on any atom is -0.258 e. The smallest absolute Gasteiger partial charge is 0.258 e. The highest BCUT2D eigenvalue weighted by atomic mass is 16.6. The summed E-state index contributed by atoms with van der Waals surface area (Å²) in [7, 11) is 0. The van der Waals surface area contributed by atoms with E-state index in [9.17, 15) is 20.2 Å². The number of nitro benzene ring substituents is 2. The van der Waals surface area contributed by atoms with E-state index in [0.717, 1.165) is 0 Å². The second kappa shape index (κ2) is 3.64. The lowest BCUT2D eigenvalue weighted by Gasteiger charge is -2.05. The van der Waals surface area contributed by atoms with Crippen LogP contribution in [-0.4, -0.2) is 9.85 Å². The van der Waals surface area contributed by atoms with Crippen LogP contribution in [0.4, 0.5) is 11.4 Å². The van der Waals surface area contributed by atoms with Gasteiger partial charge in [0.2, 0.25) is 0 Å². The molecule has 0 atom stereocenters. The van der Waals surface area contributed by atoms with Crippen LogP contribution in [0.25, 0.3) is 0 Å². The number of rotatable bonds is 2. The van der Waals surface area contributed by atoms with Crippen molar-refractivity contribution in [2.75, 3.05) is 0 Å². The molecule has 0 aliphatic heterocycles. The molecule has 0 aliphatic carbocycles. The van der Waals surface area contributed by atoms with Crippen LogP contribution in [0.1, 0.15) is 16.7 Å². The van der Waals surface area contributed by atoms with Gasteiger partial charge in [0.25, 0.3) is 11.4 Å². The van der Waals surface area contributed by atoms with Gasteiger partial charge in [0.1, 0.15) is 0 Å². The van der Waals surface area contributed by atoms with Crippen molar-refractivity contribution in [1.29, 1.82) is 0 Å². The first-order valence-electron chi connectivity index (χ1n) is 4.25. The van der Waals surface area contributed by atoms with Gasteiger partial charge >= 0.3 is 0 Å². The highest BCUT2D eigenvalue weighted by Crippen LogP contribution is 2.32. The van der Waals surface area contributed by atoms with Crippen molar-refractivity contribution in [3.05, 3.63) is 43.0 Å². The normalized spacial score (nSPS) is 10.1. The lowest BCUT2D eigenvalue weighted by Crippen LogP contribution is -2.01. The van der Waals surface area contributed by atoms with Crippen molar-refractivity contribution < 1.29 is 9.85 Å². The van der Waals surface area contributed by atoms with Crippen LogP contribution >= 0.6 is 0 Å². The number of aryl methyl sites for hydroxylation is 1. The summed E-state index contributed by atoms with van der Waals surface area (Å²) in [6.07, 6.45) is 0. The molecule has 1 aromatic carbocycles. The average molecular weight is 210 g/mol. The van der Waals surface area contributed by atoms with Crippen LogP contribution in [0, 0.1) is 41.0 Å². The Morgan fingerprint density at radius 1 is 1.00 bits per heavy atom. The zero-order chi connectivity index (χ0) is 11.7. The van der Waals surface area contributed by atoms with Crippen LogP contribution in [-0.2, 0) is 0 Å². The highest BCUT2D eigenvalue weighted by Gasteiger charge is 2.23. The van der Waals surface area contributed by atoms with Gasteiger partial charge in [-0.1, -0.05) is 0 Å². The highest BCUT2D eigenvalue weighted by molar-refractivity contribution is 5.59. The Morgan fingerprint density at radius 3 is 1.93 bits per heavy atom. The van der Waals surface area contributed by atoms with Gasteiger partial charge < -0.3 is 0 Å². The number of nitro groups is 2. The van der Waals surface area contributed by atoms with Gasteiger partial charge in [-0.3, -0.25) is 20.2 Å². The second-order valence-corrected chi connectivity index (χ2v) is 3.33. The van der Waals surface area contributed by atoms with Crippen molar-refractivity contribution in [2.45, 2.75) is 20.8 Å². The van der Waals surface area contributed by atoms with Crippen LogP contribution in [0.3, 0.4) is 0 Å². The van der Waals surface area contributed by atoms with E-state index in [1.807, 2.05) is 0 Å². The minimum absolute atomic E-state index is 0.0434. The molecule has 80 valence electrons. The molecule has 0 bridgehead atoms. The third-order valence-corrected chi connectivity index (χ3v) is 2.41. The summed E-state index contributed by atoms with van der Waals surface area (Å²) in [5.41, 5.74) is 0.896. The number of nitrogens with zero attached hydrogens (tertiary/aromatic N) is 2. The molecule has 1 aromatic rings. The molecule has 6 nitrogen and oxygen atoms in total. The summed E-state index contributed by atoms with van der Waals surface area (Å²) in [6.45, 7) is 4.53. The van der Waals surface area contributed by atoms with Gasteiger partial charge in [-0.15, -0.1) is 0 Å². The molecule has 0 aliphatic rings.